The van der Waals surface area contributed by atoms with Crippen molar-refractivity contribution in [1.82, 2.24) is 4.90 Å². The Kier molecular flexibility index (Phi) is 4.97. The summed E-state index contributed by atoms with van der Waals surface area (Å²) in [7, 11) is 3.24. The van der Waals surface area contributed by atoms with Gasteiger partial charge in [-0.15, -0.1) is 0 Å². The zero-order valence-electron chi connectivity index (χ0n) is 14.1. The van der Waals surface area contributed by atoms with E-state index in [9.17, 15) is 9.18 Å². The van der Waals surface area contributed by atoms with Crippen molar-refractivity contribution in [3.05, 3.63) is 65.5 Å². The van der Waals surface area contributed by atoms with Crippen LogP contribution in [0.1, 0.15) is 22.3 Å². The highest BCUT2D eigenvalue weighted by atomic mass is 19.1. The third-order valence-corrected chi connectivity index (χ3v) is 4.08. The van der Waals surface area contributed by atoms with Crippen LogP contribution in [-0.2, 0) is 4.84 Å². The molecule has 6 heteroatoms. The van der Waals surface area contributed by atoms with Gasteiger partial charge >= 0.3 is 0 Å². The van der Waals surface area contributed by atoms with Crippen LogP contribution in [0.4, 0.5) is 4.39 Å². The topological polar surface area (TPSA) is 51.1 Å². The van der Waals surface area contributed by atoms with Gasteiger partial charge in [-0.05, 0) is 42.0 Å². The summed E-state index contributed by atoms with van der Waals surface area (Å²) in [6, 6.07) is 13.5. The highest BCUT2D eigenvalue weighted by Crippen LogP contribution is 2.20. The molecule has 1 unspecified atom stereocenters. The molecule has 2 aromatic carbocycles. The van der Waals surface area contributed by atoms with Crippen molar-refractivity contribution in [3.8, 4) is 5.75 Å². The number of likely N-dealkylation sites (N-methyl/N-ethyl adjacent to an activating group) is 1. The molecule has 5 nitrogen and oxygen atoms in total. The number of methoxy groups -OCH3 is 1. The van der Waals surface area contributed by atoms with Gasteiger partial charge < -0.3 is 14.5 Å². The normalized spacial score (nSPS) is 16.1. The Morgan fingerprint density at radius 2 is 2.00 bits per heavy atom. The molecule has 1 aliphatic heterocycles. The van der Waals surface area contributed by atoms with Crippen molar-refractivity contribution in [3.63, 3.8) is 0 Å². The molecule has 1 aliphatic rings. The maximum absolute atomic E-state index is 13.7. The molecule has 3 rings (SSSR count). The molecule has 0 N–H and O–H groups in total. The Morgan fingerprint density at radius 3 is 2.68 bits per heavy atom. The summed E-state index contributed by atoms with van der Waals surface area (Å²) in [6.07, 6.45) is 0.333. The maximum atomic E-state index is 13.7. The van der Waals surface area contributed by atoms with E-state index in [4.69, 9.17) is 9.57 Å². The fourth-order valence-corrected chi connectivity index (χ4v) is 2.71. The number of hydrogen-bond donors (Lipinski definition) is 0. The molecule has 2 aromatic rings. The molecule has 25 heavy (non-hydrogen) atoms. The SMILES string of the molecule is COc1ccc(C2=NOC(CN(C)C(=O)c3ccccc3F)C2)cc1. The second kappa shape index (κ2) is 7.34. The van der Waals surface area contributed by atoms with Crippen LogP contribution in [-0.4, -0.2) is 43.3 Å². The Bertz CT molecular complexity index is 790. The van der Waals surface area contributed by atoms with Crippen LogP contribution in [0, 0.1) is 5.82 Å². The van der Waals surface area contributed by atoms with E-state index in [1.807, 2.05) is 24.3 Å². The molecule has 0 saturated carbocycles. The lowest BCUT2D eigenvalue weighted by atomic mass is 10.0. The van der Waals surface area contributed by atoms with Gasteiger partial charge in [-0.3, -0.25) is 4.79 Å². The van der Waals surface area contributed by atoms with Gasteiger partial charge in [0.1, 0.15) is 11.6 Å². The minimum Gasteiger partial charge on any atom is -0.497 e. The van der Waals surface area contributed by atoms with Crippen LogP contribution >= 0.6 is 0 Å². The van der Waals surface area contributed by atoms with Gasteiger partial charge in [0.2, 0.25) is 0 Å². The van der Waals surface area contributed by atoms with Crippen LogP contribution < -0.4 is 4.74 Å². The van der Waals surface area contributed by atoms with E-state index in [0.717, 1.165) is 17.0 Å². The molecule has 1 amide bonds. The van der Waals surface area contributed by atoms with Crippen molar-refractivity contribution in [1.29, 1.82) is 0 Å². The van der Waals surface area contributed by atoms with Crippen LogP contribution in [0.15, 0.2) is 53.7 Å². The molecule has 0 aliphatic carbocycles. The van der Waals surface area contributed by atoms with E-state index >= 15 is 0 Å². The lowest BCUT2D eigenvalue weighted by Gasteiger charge is -2.20. The van der Waals surface area contributed by atoms with Gasteiger partial charge in [0.25, 0.3) is 5.91 Å². The van der Waals surface area contributed by atoms with Crippen molar-refractivity contribution in [2.24, 2.45) is 5.16 Å². The summed E-state index contributed by atoms with van der Waals surface area (Å²) in [5, 5.41) is 4.11. The Balaban J connectivity index is 1.60. The number of benzene rings is 2. The van der Waals surface area contributed by atoms with E-state index in [1.165, 1.54) is 17.0 Å². The van der Waals surface area contributed by atoms with Crippen molar-refractivity contribution >= 4 is 11.6 Å². The van der Waals surface area contributed by atoms with Gasteiger partial charge in [-0.2, -0.15) is 0 Å². The molecule has 0 radical (unpaired) electrons. The second-order valence-corrected chi connectivity index (χ2v) is 5.86. The molecule has 0 saturated heterocycles. The van der Waals surface area contributed by atoms with Crippen LogP contribution in [0.5, 0.6) is 5.75 Å². The van der Waals surface area contributed by atoms with Crippen LogP contribution in [0.3, 0.4) is 0 Å². The lowest BCUT2D eigenvalue weighted by molar-refractivity contribution is 0.0479. The molecule has 0 bridgehead atoms. The van der Waals surface area contributed by atoms with E-state index in [2.05, 4.69) is 5.16 Å². The average molecular weight is 342 g/mol. The van der Waals surface area contributed by atoms with Gasteiger partial charge in [0.05, 0.1) is 24.9 Å². The van der Waals surface area contributed by atoms with Gasteiger partial charge in [0.15, 0.2) is 6.10 Å². The van der Waals surface area contributed by atoms with E-state index < -0.39 is 5.82 Å². The summed E-state index contributed by atoms with van der Waals surface area (Å²) in [4.78, 5) is 19.2. The van der Waals surface area contributed by atoms with Crippen molar-refractivity contribution < 1.29 is 18.8 Å². The van der Waals surface area contributed by atoms with Crippen LogP contribution in [0.2, 0.25) is 0 Å². The molecular weight excluding hydrogens is 323 g/mol. The smallest absolute Gasteiger partial charge is 0.256 e. The number of halogens is 1. The number of carbonyl (C=O) groups is 1. The van der Waals surface area contributed by atoms with E-state index in [1.54, 1.807) is 26.3 Å². The minimum absolute atomic E-state index is 0.0549. The number of nitrogens with zero attached hydrogens (tertiary/aromatic N) is 2. The highest BCUT2D eigenvalue weighted by molar-refractivity contribution is 6.01. The minimum atomic E-state index is -0.526. The van der Waals surface area contributed by atoms with Crippen LogP contribution in [0.25, 0.3) is 0 Å². The molecular formula is C19H19FN2O3. The molecule has 1 heterocycles. The first kappa shape index (κ1) is 17.0. The largest absolute Gasteiger partial charge is 0.497 e. The zero-order chi connectivity index (χ0) is 17.8. The quantitative estimate of drug-likeness (QED) is 0.839. The summed E-state index contributed by atoms with van der Waals surface area (Å²) >= 11 is 0. The van der Waals surface area contributed by atoms with E-state index in [0.29, 0.717) is 13.0 Å². The first-order valence-corrected chi connectivity index (χ1v) is 7.95. The summed E-state index contributed by atoms with van der Waals surface area (Å²) in [5.74, 6) is -0.128. The summed E-state index contributed by atoms with van der Waals surface area (Å²) < 4.78 is 18.9. The Labute approximate surface area is 145 Å². The fraction of sp³-hybridized carbons (Fsp3) is 0.263. The number of ether oxygens (including phenoxy) is 1. The summed E-state index contributed by atoms with van der Waals surface area (Å²) in [6.45, 7) is 0.330. The standard InChI is InChI=1S/C19H19FN2O3/c1-22(19(23)16-5-3-4-6-17(16)20)12-15-11-18(21-25-15)13-7-9-14(24-2)10-8-13/h3-10,15H,11-12H2,1-2H3. The Hall–Kier alpha value is -2.89. The first-order valence-electron chi connectivity index (χ1n) is 7.95. The molecule has 0 spiro atoms. The van der Waals surface area contributed by atoms with Gasteiger partial charge in [-0.25, -0.2) is 4.39 Å². The molecule has 0 fully saturated rings. The lowest BCUT2D eigenvalue weighted by Crippen LogP contribution is -2.35. The maximum Gasteiger partial charge on any atom is 0.256 e. The molecule has 1 atom stereocenters. The third-order valence-electron chi connectivity index (χ3n) is 4.08. The second-order valence-electron chi connectivity index (χ2n) is 5.86. The third kappa shape index (κ3) is 3.79. The predicted molar refractivity (Wildman–Crippen MR) is 92.4 cm³/mol. The molecule has 130 valence electrons. The number of carbonyl (C=O) groups excluding carboxylic acids is 1. The average Bonchev–Trinajstić information content (AvgIpc) is 3.10. The number of hydrogen-bond acceptors (Lipinski definition) is 4. The first-order chi connectivity index (χ1) is 12.1. The predicted octanol–water partition coefficient (Wildman–Crippen LogP) is 3.10. The highest BCUT2D eigenvalue weighted by Gasteiger charge is 2.26. The molecule has 0 aromatic heterocycles. The number of rotatable bonds is 5. The number of oxime groups is 1. The monoisotopic (exact) mass is 342 g/mol. The Morgan fingerprint density at radius 1 is 1.28 bits per heavy atom. The summed E-state index contributed by atoms with van der Waals surface area (Å²) in [5.41, 5.74) is 1.82. The number of amides is 1. The van der Waals surface area contributed by atoms with Crippen molar-refractivity contribution in [2.75, 3.05) is 20.7 Å². The van der Waals surface area contributed by atoms with Gasteiger partial charge in [-0.1, -0.05) is 17.3 Å². The zero-order valence-corrected chi connectivity index (χ0v) is 14.1. The van der Waals surface area contributed by atoms with Crippen molar-refractivity contribution in [2.45, 2.75) is 12.5 Å². The van der Waals surface area contributed by atoms with Gasteiger partial charge in [0, 0.05) is 13.5 Å². The van der Waals surface area contributed by atoms with E-state index in [-0.39, 0.29) is 17.6 Å². The fourth-order valence-electron chi connectivity index (χ4n) is 2.71.